The lowest BCUT2D eigenvalue weighted by Gasteiger charge is -2.18. The molecule has 0 saturated heterocycles. The number of hydrogen-bond acceptors (Lipinski definition) is 5. The van der Waals surface area contributed by atoms with Crippen molar-refractivity contribution in [2.45, 2.75) is 20.4 Å². The average Bonchev–Trinajstić information content (AvgIpc) is 2.65. The van der Waals surface area contributed by atoms with E-state index in [0.29, 0.717) is 5.82 Å². The number of likely N-dealkylation sites (N-methyl/N-ethyl adjacent to an activating group) is 1. The average molecular weight is 246 g/mol. The lowest BCUT2D eigenvalue weighted by Crippen LogP contribution is -2.24. The fourth-order valence-electron chi connectivity index (χ4n) is 1.81. The van der Waals surface area contributed by atoms with Gasteiger partial charge in [-0.2, -0.15) is 5.10 Å². The van der Waals surface area contributed by atoms with Gasteiger partial charge in [0.25, 0.3) is 0 Å². The molecule has 0 aliphatic rings. The number of aromatic nitrogens is 4. The van der Waals surface area contributed by atoms with Gasteiger partial charge in [0.1, 0.15) is 11.6 Å². The van der Waals surface area contributed by atoms with Crippen molar-refractivity contribution in [1.29, 1.82) is 0 Å². The van der Waals surface area contributed by atoms with Crippen molar-refractivity contribution in [3.8, 4) is 0 Å². The summed E-state index contributed by atoms with van der Waals surface area (Å²) < 4.78 is 1.99. The van der Waals surface area contributed by atoms with Gasteiger partial charge in [0.15, 0.2) is 0 Å². The number of nitrogens with two attached hydrogens (primary N) is 1. The Kier molecular flexibility index (Phi) is 3.45. The number of nitrogen functional groups attached to an aromatic ring is 1. The fraction of sp³-hybridized carbons (Fsp3) is 0.417. The molecule has 0 aliphatic carbocycles. The zero-order valence-corrected chi connectivity index (χ0v) is 11.0. The van der Waals surface area contributed by atoms with E-state index in [1.807, 2.05) is 23.6 Å². The topological polar surface area (TPSA) is 72.9 Å². The smallest absolute Gasteiger partial charge is 0.149 e. The molecular weight excluding hydrogens is 228 g/mol. The van der Waals surface area contributed by atoms with Gasteiger partial charge >= 0.3 is 0 Å². The highest BCUT2D eigenvalue weighted by Crippen LogP contribution is 2.09. The van der Waals surface area contributed by atoms with Gasteiger partial charge < -0.3 is 10.6 Å². The predicted octanol–water partition coefficient (Wildman–Crippen LogP) is 1.01. The van der Waals surface area contributed by atoms with Gasteiger partial charge in [-0.1, -0.05) is 0 Å². The Hall–Kier alpha value is -2.11. The van der Waals surface area contributed by atoms with E-state index in [1.165, 1.54) is 5.69 Å². The Morgan fingerprint density at radius 2 is 2.11 bits per heavy atom. The van der Waals surface area contributed by atoms with Crippen molar-refractivity contribution in [2.75, 3.05) is 24.2 Å². The van der Waals surface area contributed by atoms with Crippen LogP contribution in [0.3, 0.4) is 0 Å². The quantitative estimate of drug-likeness (QED) is 0.871. The zero-order valence-electron chi connectivity index (χ0n) is 11.0. The molecule has 0 atom stereocenters. The van der Waals surface area contributed by atoms with E-state index in [1.54, 1.807) is 12.4 Å². The van der Waals surface area contributed by atoms with Gasteiger partial charge in [-0.25, -0.2) is 4.98 Å². The van der Waals surface area contributed by atoms with Crippen molar-refractivity contribution in [3.63, 3.8) is 0 Å². The normalized spacial score (nSPS) is 10.6. The van der Waals surface area contributed by atoms with Crippen LogP contribution in [0.2, 0.25) is 0 Å². The van der Waals surface area contributed by atoms with Gasteiger partial charge in [-0.15, -0.1) is 0 Å². The SMILES string of the molecule is Cc1cc(C)n(CCN(C)c2cncc(N)n2)n1. The predicted molar refractivity (Wildman–Crippen MR) is 71.4 cm³/mol. The third-order valence-corrected chi connectivity index (χ3v) is 2.78. The van der Waals surface area contributed by atoms with Crippen LogP contribution in [-0.4, -0.2) is 33.3 Å². The molecule has 2 N–H and O–H groups in total. The van der Waals surface area contributed by atoms with Gasteiger partial charge in [0.2, 0.25) is 0 Å². The molecule has 2 aromatic rings. The maximum absolute atomic E-state index is 5.61. The third kappa shape index (κ3) is 2.77. The van der Waals surface area contributed by atoms with Crippen LogP contribution >= 0.6 is 0 Å². The molecule has 0 aromatic carbocycles. The summed E-state index contributed by atoms with van der Waals surface area (Å²) in [6.45, 7) is 5.67. The number of hydrogen-bond donors (Lipinski definition) is 1. The van der Waals surface area contributed by atoms with Crippen LogP contribution in [0.4, 0.5) is 11.6 Å². The van der Waals surface area contributed by atoms with E-state index in [2.05, 4.69) is 28.1 Å². The first-order valence-electron chi connectivity index (χ1n) is 5.86. The van der Waals surface area contributed by atoms with Crippen molar-refractivity contribution in [3.05, 3.63) is 29.8 Å². The monoisotopic (exact) mass is 246 g/mol. The first-order valence-corrected chi connectivity index (χ1v) is 5.86. The van der Waals surface area contributed by atoms with Crippen LogP contribution < -0.4 is 10.6 Å². The first kappa shape index (κ1) is 12.3. The Labute approximate surface area is 106 Å². The molecule has 96 valence electrons. The lowest BCUT2D eigenvalue weighted by molar-refractivity contribution is 0.590. The molecule has 0 unspecified atom stereocenters. The molecule has 0 fully saturated rings. The van der Waals surface area contributed by atoms with Crippen LogP contribution in [0.15, 0.2) is 18.5 Å². The van der Waals surface area contributed by atoms with Crippen molar-refractivity contribution in [1.82, 2.24) is 19.7 Å². The van der Waals surface area contributed by atoms with Crippen LogP contribution in [0.25, 0.3) is 0 Å². The standard InChI is InChI=1S/C12H18N6/c1-9-6-10(2)18(16-9)5-4-17(3)12-8-14-7-11(13)15-12/h6-8H,4-5H2,1-3H3,(H2,13,15). The van der Waals surface area contributed by atoms with E-state index in [4.69, 9.17) is 5.73 Å². The Balaban J connectivity index is 2.00. The first-order chi connectivity index (χ1) is 8.56. The van der Waals surface area contributed by atoms with Crippen LogP contribution in [0, 0.1) is 13.8 Å². The van der Waals surface area contributed by atoms with Crippen LogP contribution in [0.5, 0.6) is 0 Å². The van der Waals surface area contributed by atoms with E-state index in [9.17, 15) is 0 Å². The van der Waals surface area contributed by atoms with Crippen molar-refractivity contribution in [2.24, 2.45) is 0 Å². The van der Waals surface area contributed by atoms with Crippen molar-refractivity contribution < 1.29 is 0 Å². The van der Waals surface area contributed by atoms with E-state index in [0.717, 1.165) is 24.6 Å². The number of aryl methyl sites for hydroxylation is 2. The second kappa shape index (κ2) is 5.03. The third-order valence-electron chi connectivity index (χ3n) is 2.78. The molecule has 0 radical (unpaired) electrons. The van der Waals surface area contributed by atoms with E-state index >= 15 is 0 Å². The summed E-state index contributed by atoms with van der Waals surface area (Å²) in [5.41, 5.74) is 7.82. The maximum atomic E-state index is 5.61. The molecule has 6 heteroatoms. The molecule has 0 aliphatic heterocycles. The summed E-state index contributed by atoms with van der Waals surface area (Å²) in [6.07, 6.45) is 3.25. The van der Waals surface area contributed by atoms with E-state index in [-0.39, 0.29) is 0 Å². The molecule has 0 amide bonds. The molecule has 18 heavy (non-hydrogen) atoms. The lowest BCUT2D eigenvalue weighted by atomic mass is 10.4. The fourth-order valence-corrected chi connectivity index (χ4v) is 1.81. The van der Waals surface area contributed by atoms with Crippen LogP contribution in [-0.2, 0) is 6.54 Å². The zero-order chi connectivity index (χ0) is 13.1. The van der Waals surface area contributed by atoms with Gasteiger partial charge in [-0.05, 0) is 19.9 Å². The minimum atomic E-state index is 0.436. The number of anilines is 2. The molecular formula is C12H18N6. The highest BCUT2D eigenvalue weighted by atomic mass is 15.3. The molecule has 6 nitrogen and oxygen atoms in total. The number of rotatable bonds is 4. The van der Waals surface area contributed by atoms with Gasteiger partial charge in [-0.3, -0.25) is 9.67 Å². The second-order valence-electron chi connectivity index (χ2n) is 4.37. The molecule has 0 bridgehead atoms. The molecule has 0 spiro atoms. The highest BCUT2D eigenvalue weighted by Gasteiger charge is 2.05. The Morgan fingerprint density at radius 3 is 2.72 bits per heavy atom. The Morgan fingerprint density at radius 1 is 1.33 bits per heavy atom. The van der Waals surface area contributed by atoms with Crippen molar-refractivity contribution >= 4 is 11.6 Å². The summed E-state index contributed by atoms with van der Waals surface area (Å²) >= 11 is 0. The highest BCUT2D eigenvalue weighted by molar-refractivity contribution is 5.40. The molecule has 2 rings (SSSR count). The second-order valence-corrected chi connectivity index (χ2v) is 4.37. The summed E-state index contributed by atoms with van der Waals surface area (Å²) in [5.74, 6) is 1.21. The van der Waals surface area contributed by atoms with Gasteiger partial charge in [0.05, 0.1) is 24.6 Å². The van der Waals surface area contributed by atoms with Crippen LogP contribution in [0.1, 0.15) is 11.4 Å². The van der Waals surface area contributed by atoms with Gasteiger partial charge in [0, 0.05) is 19.3 Å². The Bertz CT molecular complexity index is 533. The summed E-state index contributed by atoms with van der Waals surface area (Å²) in [7, 11) is 1.97. The molecule has 0 saturated carbocycles. The molecule has 2 aromatic heterocycles. The molecule has 2 heterocycles. The minimum absolute atomic E-state index is 0.436. The summed E-state index contributed by atoms with van der Waals surface area (Å²) in [5, 5.41) is 4.42. The van der Waals surface area contributed by atoms with E-state index < -0.39 is 0 Å². The largest absolute Gasteiger partial charge is 0.382 e. The summed E-state index contributed by atoms with van der Waals surface area (Å²) in [4.78, 5) is 10.3. The number of nitrogens with zero attached hydrogens (tertiary/aromatic N) is 5. The summed E-state index contributed by atoms with van der Waals surface area (Å²) in [6, 6.07) is 2.07. The minimum Gasteiger partial charge on any atom is -0.382 e. The maximum Gasteiger partial charge on any atom is 0.149 e.